The van der Waals surface area contributed by atoms with Crippen LogP contribution in [0.2, 0.25) is 0 Å². The monoisotopic (exact) mass is 391 g/mol. The minimum Gasteiger partial charge on any atom is -0.750 e. The number of nitrogens with zero attached hydrogens (tertiary/aromatic N) is 1. The molecule has 8 heteroatoms. The van der Waals surface area contributed by atoms with Gasteiger partial charge >= 0.3 is 6.36 Å². The van der Waals surface area contributed by atoms with Crippen LogP contribution in [0.25, 0.3) is 0 Å². The Morgan fingerprint density at radius 2 is 1.08 bits per heavy atom. The quantitative estimate of drug-likeness (QED) is 0.315. The smallest absolute Gasteiger partial charge is 0.534 e. The molecule has 0 saturated heterocycles. The van der Waals surface area contributed by atoms with Crippen LogP contribution in [-0.4, -0.2) is 45.8 Å². The van der Waals surface area contributed by atoms with Gasteiger partial charge < -0.3 is 9.04 Å². The van der Waals surface area contributed by atoms with E-state index in [9.17, 15) is 13.2 Å². The van der Waals surface area contributed by atoms with Crippen LogP contribution in [-0.2, 0) is 15.5 Å². The summed E-state index contributed by atoms with van der Waals surface area (Å²) in [6, 6.07) is 0. The summed E-state index contributed by atoms with van der Waals surface area (Å²) in [6.07, 6.45) is 5.97. The predicted octanol–water partition coefficient (Wildman–Crippen LogP) is 5.32. The summed E-state index contributed by atoms with van der Waals surface area (Å²) in [4.78, 5) is 0. The highest BCUT2D eigenvalue weighted by Gasteiger charge is 2.30. The number of alkyl halides is 3. The van der Waals surface area contributed by atoms with Crippen molar-refractivity contribution in [1.82, 2.24) is 0 Å². The van der Waals surface area contributed by atoms with E-state index in [1.54, 1.807) is 0 Å². The number of hydrogen-bond donors (Lipinski definition) is 0. The molecule has 0 saturated carbocycles. The van der Waals surface area contributed by atoms with Gasteiger partial charge in [0.1, 0.15) is 0 Å². The molecule has 0 bridgehead atoms. The van der Waals surface area contributed by atoms with Gasteiger partial charge in [0.05, 0.1) is 37.5 Å². The van der Waals surface area contributed by atoms with E-state index in [4.69, 9.17) is 8.76 Å². The molecule has 154 valence electrons. The summed E-state index contributed by atoms with van der Waals surface area (Å²) in [7, 11) is 0. The third kappa shape index (κ3) is 18.4. The first-order valence-electron chi connectivity index (χ1n) is 9.36. The van der Waals surface area contributed by atoms with Gasteiger partial charge in [-0.1, -0.05) is 53.4 Å². The maximum absolute atomic E-state index is 10.7. The molecule has 0 fully saturated rings. The molecule has 0 aromatic rings. The lowest BCUT2D eigenvalue weighted by molar-refractivity contribution is -0.929. The van der Waals surface area contributed by atoms with Crippen molar-refractivity contribution >= 4 is 11.4 Å². The summed E-state index contributed by atoms with van der Waals surface area (Å²) < 4.78 is 54.0. The lowest BCUT2D eigenvalue weighted by Crippen LogP contribution is -2.50. The fourth-order valence-electron chi connectivity index (χ4n) is 2.72. The van der Waals surface area contributed by atoms with Crippen molar-refractivity contribution in [1.29, 1.82) is 0 Å². The zero-order valence-corrected chi connectivity index (χ0v) is 17.0. The highest BCUT2D eigenvalue weighted by Crippen LogP contribution is 2.17. The molecule has 0 amide bonds. The van der Waals surface area contributed by atoms with Crippen LogP contribution in [0.5, 0.6) is 0 Å². The maximum atomic E-state index is 10.7. The molecule has 1 atom stereocenters. The van der Waals surface area contributed by atoms with Gasteiger partial charge in [0.15, 0.2) is 0 Å². The van der Waals surface area contributed by atoms with Crippen LogP contribution in [0, 0.1) is 0 Å². The Kier molecular flexibility index (Phi) is 17.3. The Bertz CT molecular complexity index is 291. The molecule has 0 radical (unpaired) electrons. The average Bonchev–Trinajstić information content (AvgIpc) is 2.52. The van der Waals surface area contributed by atoms with E-state index in [1.807, 2.05) is 0 Å². The summed E-state index contributed by atoms with van der Waals surface area (Å²) in [5.74, 6) is 0. The van der Waals surface area contributed by atoms with E-state index < -0.39 is 17.7 Å². The zero-order valence-electron chi connectivity index (χ0n) is 16.2. The van der Waals surface area contributed by atoms with Crippen molar-refractivity contribution in [2.45, 2.75) is 85.4 Å². The van der Waals surface area contributed by atoms with Crippen molar-refractivity contribution in [3.63, 3.8) is 0 Å². The molecule has 4 nitrogen and oxygen atoms in total. The number of unbranched alkanes of at least 4 members (excludes halogenated alkanes) is 4. The number of rotatable bonds is 13. The molecule has 0 aromatic heterocycles. The highest BCUT2D eigenvalue weighted by molar-refractivity contribution is 7.74. The molecular weight excluding hydrogens is 355 g/mol. The molecule has 0 heterocycles. The highest BCUT2D eigenvalue weighted by atomic mass is 32.2. The topological polar surface area (TPSA) is 49.4 Å². The first kappa shape index (κ1) is 27.0. The van der Waals surface area contributed by atoms with Gasteiger partial charge in [-0.05, 0) is 25.7 Å². The van der Waals surface area contributed by atoms with Gasteiger partial charge in [0, 0.05) is 0 Å². The number of quaternary nitrogens is 1. The van der Waals surface area contributed by atoms with Crippen molar-refractivity contribution in [2.75, 3.05) is 26.2 Å². The average molecular weight is 392 g/mol. The van der Waals surface area contributed by atoms with Gasteiger partial charge in [0.25, 0.3) is 0 Å². The van der Waals surface area contributed by atoms with Crippen LogP contribution in [0.4, 0.5) is 13.2 Å². The van der Waals surface area contributed by atoms with Crippen LogP contribution in [0.1, 0.15) is 79.1 Å². The van der Waals surface area contributed by atoms with Crippen LogP contribution < -0.4 is 0 Å². The van der Waals surface area contributed by atoms with E-state index in [0.29, 0.717) is 0 Å². The molecule has 0 N–H and O–H groups in total. The second-order valence-electron chi connectivity index (χ2n) is 6.38. The van der Waals surface area contributed by atoms with Crippen LogP contribution >= 0.6 is 0 Å². The Labute approximate surface area is 154 Å². The van der Waals surface area contributed by atoms with E-state index in [0.717, 1.165) is 0 Å². The van der Waals surface area contributed by atoms with Gasteiger partial charge in [-0.3, -0.25) is 0 Å². The van der Waals surface area contributed by atoms with E-state index in [1.165, 1.54) is 82.0 Å². The molecule has 0 aromatic carbocycles. The molecule has 0 aliphatic carbocycles. The van der Waals surface area contributed by atoms with Crippen LogP contribution in [0.3, 0.4) is 0 Å². The standard InChI is InChI=1S/C16H36N.CHF3O3S/c1-5-9-13-17(14-10-6-2,15-11-7-3)16-12-8-4;2-1(3,4)7-8(5)6/h5-16H2,1-4H3;(H,5,6)/q+1;/p-1. The lowest BCUT2D eigenvalue weighted by atomic mass is 10.1. The fraction of sp³-hybridized carbons (Fsp3) is 1.00. The molecule has 1 unspecified atom stereocenters. The van der Waals surface area contributed by atoms with E-state index >= 15 is 0 Å². The summed E-state index contributed by atoms with van der Waals surface area (Å²) in [5, 5.41) is 0. The summed E-state index contributed by atoms with van der Waals surface area (Å²) >= 11 is -3.51. The molecule has 0 spiro atoms. The Hall–Kier alpha value is -0.180. The maximum Gasteiger partial charge on any atom is 0.534 e. The van der Waals surface area contributed by atoms with Gasteiger partial charge in [-0.25, -0.2) is 8.39 Å². The Balaban J connectivity index is 0. The fourth-order valence-corrected chi connectivity index (χ4v) is 2.88. The summed E-state index contributed by atoms with van der Waals surface area (Å²) in [6.45, 7) is 15.0. The second-order valence-corrected chi connectivity index (χ2v) is 6.96. The van der Waals surface area contributed by atoms with Crippen LogP contribution in [0.15, 0.2) is 0 Å². The first-order valence-corrected chi connectivity index (χ1v) is 10.4. The van der Waals surface area contributed by atoms with Crippen molar-refractivity contribution < 1.29 is 30.6 Å². The molecule has 25 heavy (non-hydrogen) atoms. The Morgan fingerprint density at radius 3 is 1.20 bits per heavy atom. The van der Waals surface area contributed by atoms with Gasteiger partial charge in [0.2, 0.25) is 0 Å². The first-order chi connectivity index (χ1) is 11.7. The van der Waals surface area contributed by atoms with Crippen molar-refractivity contribution in [3.05, 3.63) is 0 Å². The number of halogens is 3. The summed E-state index contributed by atoms with van der Waals surface area (Å²) in [5.41, 5.74) is 0. The largest absolute Gasteiger partial charge is 0.750 e. The lowest BCUT2D eigenvalue weighted by Gasteiger charge is -2.39. The SMILES string of the molecule is CCCC[N+](CCCC)(CCCC)CCCC.O=S([O-])OC(F)(F)F. The minimum absolute atomic E-state index is 1.35. The third-order valence-corrected chi connectivity index (χ3v) is 4.43. The minimum atomic E-state index is -5.09. The molecule has 0 rings (SSSR count). The van der Waals surface area contributed by atoms with Gasteiger partial charge in [-0.2, -0.15) is 0 Å². The van der Waals surface area contributed by atoms with E-state index in [-0.39, 0.29) is 0 Å². The van der Waals surface area contributed by atoms with Crippen molar-refractivity contribution in [3.8, 4) is 0 Å². The second kappa shape index (κ2) is 16.0. The molecular formula is C17H36F3NO3S. The Morgan fingerprint density at radius 1 is 0.800 bits per heavy atom. The molecule has 0 aliphatic rings. The zero-order chi connectivity index (χ0) is 19.8. The van der Waals surface area contributed by atoms with Crippen molar-refractivity contribution in [2.24, 2.45) is 0 Å². The normalized spacial score (nSPS) is 13.3. The number of hydrogen-bond acceptors (Lipinski definition) is 3. The third-order valence-electron chi connectivity index (χ3n) is 4.11. The predicted molar refractivity (Wildman–Crippen MR) is 95.4 cm³/mol. The van der Waals surface area contributed by atoms with Gasteiger partial charge in [-0.15, -0.1) is 13.2 Å². The van der Waals surface area contributed by atoms with E-state index in [2.05, 4.69) is 31.9 Å². The molecule has 0 aliphatic heterocycles.